The van der Waals surface area contributed by atoms with Crippen molar-refractivity contribution in [2.75, 3.05) is 19.6 Å². The van der Waals surface area contributed by atoms with Crippen molar-refractivity contribution in [3.8, 4) is 0 Å². The zero-order chi connectivity index (χ0) is 13.0. The SMILES string of the molecule is CC(C)NCCCC(=O)NC1CCN2CCCC12. The van der Waals surface area contributed by atoms with Crippen molar-refractivity contribution < 1.29 is 4.79 Å². The van der Waals surface area contributed by atoms with Crippen molar-refractivity contribution in [3.63, 3.8) is 0 Å². The molecule has 0 bridgehead atoms. The summed E-state index contributed by atoms with van der Waals surface area (Å²) in [5.41, 5.74) is 0. The van der Waals surface area contributed by atoms with Gasteiger partial charge in [0.2, 0.25) is 5.91 Å². The third-order valence-corrected chi connectivity index (χ3v) is 4.09. The lowest BCUT2D eigenvalue weighted by Gasteiger charge is -2.21. The van der Waals surface area contributed by atoms with E-state index in [4.69, 9.17) is 0 Å². The minimum absolute atomic E-state index is 0.235. The molecule has 2 aliphatic rings. The Morgan fingerprint density at radius 2 is 2.17 bits per heavy atom. The van der Waals surface area contributed by atoms with E-state index < -0.39 is 0 Å². The highest BCUT2D eigenvalue weighted by molar-refractivity contribution is 5.76. The molecule has 2 saturated heterocycles. The van der Waals surface area contributed by atoms with Gasteiger partial charge in [0.15, 0.2) is 0 Å². The Morgan fingerprint density at radius 1 is 1.33 bits per heavy atom. The van der Waals surface area contributed by atoms with E-state index in [1.807, 2.05) is 0 Å². The number of hydrogen-bond acceptors (Lipinski definition) is 3. The maximum absolute atomic E-state index is 11.9. The summed E-state index contributed by atoms with van der Waals surface area (Å²) in [6, 6.07) is 1.55. The van der Waals surface area contributed by atoms with Crippen molar-refractivity contribution in [1.82, 2.24) is 15.5 Å². The van der Waals surface area contributed by atoms with E-state index in [2.05, 4.69) is 29.4 Å². The van der Waals surface area contributed by atoms with Crippen LogP contribution in [0.3, 0.4) is 0 Å². The van der Waals surface area contributed by atoms with Gasteiger partial charge in [0.25, 0.3) is 0 Å². The number of carbonyl (C=O) groups is 1. The van der Waals surface area contributed by atoms with Gasteiger partial charge in [0.1, 0.15) is 0 Å². The Hall–Kier alpha value is -0.610. The standard InChI is InChI=1S/C14H27N3O/c1-11(2)15-8-3-6-14(18)16-12-7-10-17-9-4-5-13(12)17/h11-13,15H,3-10H2,1-2H3,(H,16,18). The molecule has 0 aliphatic carbocycles. The first-order chi connectivity index (χ1) is 8.66. The molecule has 0 aromatic heterocycles. The molecule has 4 nitrogen and oxygen atoms in total. The number of nitrogens with zero attached hydrogens (tertiary/aromatic N) is 1. The molecule has 0 spiro atoms. The lowest BCUT2D eigenvalue weighted by Crippen LogP contribution is -2.42. The highest BCUT2D eigenvalue weighted by Gasteiger charge is 2.37. The summed E-state index contributed by atoms with van der Waals surface area (Å²) in [6.07, 6.45) is 5.30. The molecule has 2 heterocycles. The molecular weight excluding hydrogens is 226 g/mol. The summed E-state index contributed by atoms with van der Waals surface area (Å²) in [6.45, 7) is 7.60. The molecule has 18 heavy (non-hydrogen) atoms. The lowest BCUT2D eigenvalue weighted by atomic mass is 10.1. The Morgan fingerprint density at radius 3 is 2.94 bits per heavy atom. The van der Waals surface area contributed by atoms with E-state index in [-0.39, 0.29) is 5.91 Å². The first kappa shape index (κ1) is 13.8. The second-order valence-electron chi connectivity index (χ2n) is 5.92. The van der Waals surface area contributed by atoms with Gasteiger partial charge >= 0.3 is 0 Å². The van der Waals surface area contributed by atoms with E-state index >= 15 is 0 Å². The molecule has 4 heteroatoms. The van der Waals surface area contributed by atoms with Crippen LogP contribution in [0.15, 0.2) is 0 Å². The van der Waals surface area contributed by atoms with Crippen LogP contribution in [0, 0.1) is 0 Å². The van der Waals surface area contributed by atoms with Gasteiger partial charge in [-0.1, -0.05) is 13.8 Å². The minimum atomic E-state index is 0.235. The van der Waals surface area contributed by atoms with Crippen LogP contribution in [0.1, 0.15) is 46.0 Å². The molecule has 2 N–H and O–H groups in total. The Kier molecular flexibility index (Phi) is 5.01. The van der Waals surface area contributed by atoms with E-state index in [0.717, 1.165) is 19.4 Å². The van der Waals surface area contributed by atoms with Gasteiger partial charge in [0, 0.05) is 31.1 Å². The summed E-state index contributed by atoms with van der Waals surface area (Å²) < 4.78 is 0. The Bertz CT molecular complexity index is 280. The van der Waals surface area contributed by atoms with Crippen LogP contribution in [0.2, 0.25) is 0 Å². The third kappa shape index (κ3) is 3.69. The third-order valence-electron chi connectivity index (χ3n) is 4.09. The maximum atomic E-state index is 11.9. The van der Waals surface area contributed by atoms with Crippen LogP contribution in [0.25, 0.3) is 0 Å². The maximum Gasteiger partial charge on any atom is 0.220 e. The summed E-state index contributed by atoms with van der Waals surface area (Å²) >= 11 is 0. The van der Waals surface area contributed by atoms with Gasteiger partial charge in [-0.2, -0.15) is 0 Å². The van der Waals surface area contributed by atoms with Gasteiger partial charge in [-0.3, -0.25) is 9.69 Å². The van der Waals surface area contributed by atoms with Gasteiger partial charge in [-0.05, 0) is 38.8 Å². The summed E-state index contributed by atoms with van der Waals surface area (Å²) in [5.74, 6) is 0.235. The number of rotatable bonds is 6. The van der Waals surface area contributed by atoms with Crippen LogP contribution in [-0.4, -0.2) is 48.6 Å². The number of nitrogens with one attached hydrogen (secondary N) is 2. The molecule has 0 aromatic carbocycles. The molecule has 1 amide bonds. The largest absolute Gasteiger partial charge is 0.352 e. The van der Waals surface area contributed by atoms with Crippen LogP contribution in [-0.2, 0) is 4.79 Å². The van der Waals surface area contributed by atoms with E-state index in [0.29, 0.717) is 24.5 Å². The van der Waals surface area contributed by atoms with Gasteiger partial charge < -0.3 is 10.6 Å². The van der Waals surface area contributed by atoms with Crippen LogP contribution >= 0.6 is 0 Å². The van der Waals surface area contributed by atoms with Crippen LogP contribution < -0.4 is 10.6 Å². The van der Waals surface area contributed by atoms with Crippen LogP contribution in [0.5, 0.6) is 0 Å². The van der Waals surface area contributed by atoms with Gasteiger partial charge in [-0.25, -0.2) is 0 Å². The number of fused-ring (bicyclic) bond motifs is 1. The highest BCUT2D eigenvalue weighted by Crippen LogP contribution is 2.27. The summed E-state index contributed by atoms with van der Waals surface area (Å²) in [5, 5.41) is 6.57. The topological polar surface area (TPSA) is 44.4 Å². The average molecular weight is 253 g/mol. The molecule has 0 saturated carbocycles. The highest BCUT2D eigenvalue weighted by atomic mass is 16.1. The average Bonchev–Trinajstić information content (AvgIpc) is 2.89. The molecule has 2 rings (SSSR count). The molecule has 2 fully saturated rings. The molecule has 104 valence electrons. The molecule has 2 unspecified atom stereocenters. The van der Waals surface area contributed by atoms with Gasteiger partial charge in [0.05, 0.1) is 0 Å². The van der Waals surface area contributed by atoms with E-state index in [9.17, 15) is 4.79 Å². The fourth-order valence-electron chi connectivity index (χ4n) is 3.17. The first-order valence-electron chi connectivity index (χ1n) is 7.43. The zero-order valence-corrected chi connectivity index (χ0v) is 11.7. The quantitative estimate of drug-likeness (QED) is 0.697. The summed E-state index contributed by atoms with van der Waals surface area (Å²) in [7, 11) is 0. The minimum Gasteiger partial charge on any atom is -0.352 e. The molecule has 0 radical (unpaired) electrons. The zero-order valence-electron chi connectivity index (χ0n) is 11.7. The number of carbonyl (C=O) groups excluding carboxylic acids is 1. The normalized spacial score (nSPS) is 27.7. The molecular formula is C14H27N3O. The predicted octanol–water partition coefficient (Wildman–Crippen LogP) is 1.12. The smallest absolute Gasteiger partial charge is 0.220 e. The number of amides is 1. The Labute approximate surface area is 110 Å². The van der Waals surface area contributed by atoms with Crippen LogP contribution in [0.4, 0.5) is 0 Å². The predicted molar refractivity (Wildman–Crippen MR) is 73.5 cm³/mol. The molecule has 2 aliphatic heterocycles. The molecule has 0 aromatic rings. The first-order valence-corrected chi connectivity index (χ1v) is 7.43. The second kappa shape index (κ2) is 6.53. The van der Waals surface area contributed by atoms with Crippen molar-refractivity contribution in [2.45, 2.75) is 64.1 Å². The van der Waals surface area contributed by atoms with Crippen molar-refractivity contribution >= 4 is 5.91 Å². The van der Waals surface area contributed by atoms with Gasteiger partial charge in [-0.15, -0.1) is 0 Å². The van der Waals surface area contributed by atoms with Crippen molar-refractivity contribution in [2.24, 2.45) is 0 Å². The fourth-order valence-corrected chi connectivity index (χ4v) is 3.17. The number of hydrogen-bond donors (Lipinski definition) is 2. The fraction of sp³-hybridized carbons (Fsp3) is 0.929. The molecule has 2 atom stereocenters. The van der Waals surface area contributed by atoms with Crippen molar-refractivity contribution in [3.05, 3.63) is 0 Å². The second-order valence-corrected chi connectivity index (χ2v) is 5.92. The summed E-state index contributed by atoms with van der Waals surface area (Å²) in [4.78, 5) is 14.4. The van der Waals surface area contributed by atoms with E-state index in [1.54, 1.807) is 0 Å². The monoisotopic (exact) mass is 253 g/mol. The lowest BCUT2D eigenvalue weighted by molar-refractivity contribution is -0.122. The van der Waals surface area contributed by atoms with Crippen molar-refractivity contribution in [1.29, 1.82) is 0 Å². The van der Waals surface area contributed by atoms with E-state index in [1.165, 1.54) is 25.9 Å². The Balaban J connectivity index is 1.62.